The molecular weight excluding hydrogens is 200 g/mol. The monoisotopic (exact) mass is 224 g/mol. The van der Waals surface area contributed by atoms with Gasteiger partial charge < -0.3 is 10.2 Å². The lowest BCUT2D eigenvalue weighted by Crippen LogP contribution is -2.45. The molecule has 0 spiro atoms. The highest BCUT2D eigenvalue weighted by Gasteiger charge is 2.32. The highest BCUT2D eigenvalue weighted by atomic mass is 16.2. The number of hydrogen-bond acceptors (Lipinski definition) is 2. The van der Waals surface area contributed by atoms with E-state index in [-0.39, 0.29) is 11.9 Å². The molecule has 16 heavy (non-hydrogen) atoms. The van der Waals surface area contributed by atoms with Gasteiger partial charge in [0.2, 0.25) is 5.91 Å². The van der Waals surface area contributed by atoms with Crippen LogP contribution in [0.4, 0.5) is 0 Å². The number of nitrogens with zero attached hydrogens (tertiary/aromatic N) is 1. The Hall–Kier alpha value is -0.570. The van der Waals surface area contributed by atoms with Gasteiger partial charge in [-0.15, -0.1) is 0 Å². The molecule has 2 rings (SSSR count). The first-order valence-electron chi connectivity index (χ1n) is 6.69. The van der Waals surface area contributed by atoms with Crippen LogP contribution in [0.15, 0.2) is 0 Å². The lowest BCUT2D eigenvalue weighted by atomic mass is 9.96. The number of carbonyl (C=O) groups excluding carboxylic acids is 1. The van der Waals surface area contributed by atoms with Crippen molar-refractivity contribution in [2.24, 2.45) is 5.92 Å². The zero-order valence-corrected chi connectivity index (χ0v) is 10.5. The summed E-state index contributed by atoms with van der Waals surface area (Å²) in [7, 11) is 1.90. The Morgan fingerprint density at radius 1 is 1.19 bits per heavy atom. The highest BCUT2D eigenvalue weighted by Crippen LogP contribution is 2.24. The SMILES string of the molecule is CC1CCCCCC1NC1CCN(C)C1=O. The number of likely N-dealkylation sites (N-methyl/N-ethyl adjacent to an activating group) is 1. The fourth-order valence-corrected chi connectivity index (χ4v) is 2.98. The Bertz CT molecular complexity index is 254. The van der Waals surface area contributed by atoms with Crippen LogP contribution in [0.2, 0.25) is 0 Å². The van der Waals surface area contributed by atoms with Gasteiger partial charge in [0.25, 0.3) is 0 Å². The second-order valence-electron chi connectivity index (χ2n) is 5.49. The molecular formula is C13H24N2O. The maximum absolute atomic E-state index is 11.8. The average molecular weight is 224 g/mol. The van der Waals surface area contributed by atoms with Crippen LogP contribution in [0.5, 0.6) is 0 Å². The molecule has 3 heteroatoms. The van der Waals surface area contributed by atoms with E-state index in [1.807, 2.05) is 11.9 Å². The number of carbonyl (C=O) groups is 1. The van der Waals surface area contributed by atoms with E-state index in [1.165, 1.54) is 32.1 Å². The molecule has 0 aromatic carbocycles. The summed E-state index contributed by atoms with van der Waals surface area (Å²) in [4.78, 5) is 13.7. The van der Waals surface area contributed by atoms with Crippen LogP contribution in [0, 0.1) is 5.92 Å². The van der Waals surface area contributed by atoms with Crippen molar-refractivity contribution in [2.45, 2.75) is 57.5 Å². The lowest BCUT2D eigenvalue weighted by Gasteiger charge is -2.25. The van der Waals surface area contributed by atoms with Crippen molar-refractivity contribution in [3.05, 3.63) is 0 Å². The van der Waals surface area contributed by atoms with Gasteiger partial charge in [0.15, 0.2) is 0 Å². The largest absolute Gasteiger partial charge is 0.344 e. The third kappa shape index (κ3) is 2.57. The molecule has 1 amide bonds. The lowest BCUT2D eigenvalue weighted by molar-refractivity contribution is -0.128. The highest BCUT2D eigenvalue weighted by molar-refractivity contribution is 5.83. The number of likely N-dealkylation sites (tertiary alicyclic amines) is 1. The number of hydrogen-bond donors (Lipinski definition) is 1. The van der Waals surface area contributed by atoms with Crippen molar-refractivity contribution < 1.29 is 4.79 Å². The minimum absolute atomic E-state index is 0.0931. The summed E-state index contributed by atoms with van der Waals surface area (Å²) >= 11 is 0. The second kappa shape index (κ2) is 5.17. The van der Waals surface area contributed by atoms with Crippen LogP contribution in [0.25, 0.3) is 0 Å². The molecule has 2 fully saturated rings. The van der Waals surface area contributed by atoms with Gasteiger partial charge in [0, 0.05) is 19.6 Å². The van der Waals surface area contributed by atoms with Crippen molar-refractivity contribution in [1.29, 1.82) is 0 Å². The summed E-state index contributed by atoms with van der Waals surface area (Å²) in [6.07, 6.45) is 7.58. The molecule has 1 heterocycles. The first-order chi connectivity index (χ1) is 7.68. The first kappa shape index (κ1) is 11.9. The third-order valence-electron chi connectivity index (χ3n) is 4.20. The van der Waals surface area contributed by atoms with E-state index >= 15 is 0 Å². The van der Waals surface area contributed by atoms with Gasteiger partial charge in [0.05, 0.1) is 6.04 Å². The average Bonchev–Trinajstić information content (AvgIpc) is 2.48. The van der Waals surface area contributed by atoms with E-state index in [1.54, 1.807) is 0 Å². The topological polar surface area (TPSA) is 32.3 Å². The minimum Gasteiger partial charge on any atom is -0.344 e. The van der Waals surface area contributed by atoms with E-state index < -0.39 is 0 Å². The number of rotatable bonds is 2. The fourth-order valence-electron chi connectivity index (χ4n) is 2.98. The van der Waals surface area contributed by atoms with Crippen molar-refractivity contribution in [2.75, 3.05) is 13.6 Å². The smallest absolute Gasteiger partial charge is 0.239 e. The minimum atomic E-state index is 0.0931. The van der Waals surface area contributed by atoms with E-state index in [0.29, 0.717) is 6.04 Å². The van der Waals surface area contributed by atoms with E-state index in [2.05, 4.69) is 12.2 Å². The van der Waals surface area contributed by atoms with Crippen LogP contribution in [0.1, 0.15) is 45.4 Å². The van der Waals surface area contributed by atoms with Gasteiger partial charge in [-0.3, -0.25) is 4.79 Å². The third-order valence-corrected chi connectivity index (χ3v) is 4.20. The quantitative estimate of drug-likeness (QED) is 0.725. The van der Waals surface area contributed by atoms with Crippen LogP contribution in [-0.2, 0) is 4.79 Å². The van der Waals surface area contributed by atoms with Crippen LogP contribution in [-0.4, -0.2) is 36.5 Å². The van der Waals surface area contributed by atoms with Gasteiger partial charge in [-0.1, -0.05) is 26.2 Å². The van der Waals surface area contributed by atoms with E-state index in [0.717, 1.165) is 18.9 Å². The molecule has 1 N–H and O–H groups in total. The maximum atomic E-state index is 11.8. The van der Waals surface area contributed by atoms with Crippen LogP contribution in [0.3, 0.4) is 0 Å². The maximum Gasteiger partial charge on any atom is 0.239 e. The van der Waals surface area contributed by atoms with Gasteiger partial charge >= 0.3 is 0 Å². The van der Waals surface area contributed by atoms with Crippen molar-refractivity contribution >= 4 is 5.91 Å². The molecule has 92 valence electrons. The molecule has 2 aliphatic rings. The zero-order chi connectivity index (χ0) is 11.5. The predicted octanol–water partition coefficient (Wildman–Crippen LogP) is 1.78. The summed E-state index contributed by atoms with van der Waals surface area (Å²) in [5.41, 5.74) is 0. The number of nitrogens with one attached hydrogen (secondary N) is 1. The van der Waals surface area contributed by atoms with Crippen LogP contribution < -0.4 is 5.32 Å². The summed E-state index contributed by atoms with van der Waals surface area (Å²) < 4.78 is 0. The second-order valence-corrected chi connectivity index (χ2v) is 5.49. The Morgan fingerprint density at radius 3 is 2.62 bits per heavy atom. The van der Waals surface area contributed by atoms with Gasteiger partial charge in [-0.2, -0.15) is 0 Å². The van der Waals surface area contributed by atoms with Crippen molar-refractivity contribution in [3.8, 4) is 0 Å². The molecule has 1 saturated carbocycles. The van der Waals surface area contributed by atoms with E-state index in [9.17, 15) is 4.79 Å². The molecule has 1 saturated heterocycles. The summed E-state index contributed by atoms with van der Waals surface area (Å²) in [6, 6.07) is 0.651. The summed E-state index contributed by atoms with van der Waals surface area (Å²) in [5.74, 6) is 1.01. The molecule has 3 unspecified atom stereocenters. The Labute approximate surface area is 98.6 Å². The van der Waals surface area contributed by atoms with E-state index in [4.69, 9.17) is 0 Å². The standard InChI is InChI=1S/C13H24N2O/c1-10-6-4-3-5-7-11(10)14-12-8-9-15(2)13(12)16/h10-12,14H,3-9H2,1-2H3. The molecule has 0 aromatic rings. The summed E-state index contributed by atoms with van der Waals surface area (Å²) in [6.45, 7) is 3.24. The molecule has 3 nitrogen and oxygen atoms in total. The molecule has 0 radical (unpaired) electrons. The predicted molar refractivity (Wildman–Crippen MR) is 65.2 cm³/mol. The molecule has 1 aliphatic heterocycles. The van der Waals surface area contributed by atoms with Gasteiger partial charge in [-0.25, -0.2) is 0 Å². The Balaban J connectivity index is 1.90. The molecule has 3 atom stereocenters. The summed E-state index contributed by atoms with van der Waals surface area (Å²) in [5, 5.41) is 3.60. The first-order valence-corrected chi connectivity index (χ1v) is 6.69. The van der Waals surface area contributed by atoms with Gasteiger partial charge in [-0.05, 0) is 25.2 Å². The zero-order valence-electron chi connectivity index (χ0n) is 10.5. The Morgan fingerprint density at radius 2 is 1.94 bits per heavy atom. The van der Waals surface area contributed by atoms with Crippen molar-refractivity contribution in [3.63, 3.8) is 0 Å². The van der Waals surface area contributed by atoms with Crippen molar-refractivity contribution in [1.82, 2.24) is 10.2 Å². The molecule has 0 aromatic heterocycles. The molecule has 1 aliphatic carbocycles. The normalized spacial score (nSPS) is 36.5. The fraction of sp³-hybridized carbons (Fsp3) is 0.923. The Kier molecular flexibility index (Phi) is 3.85. The van der Waals surface area contributed by atoms with Crippen LogP contribution >= 0.6 is 0 Å². The number of amides is 1. The van der Waals surface area contributed by atoms with Gasteiger partial charge in [0.1, 0.15) is 0 Å². The molecule has 0 bridgehead atoms.